The lowest BCUT2D eigenvalue weighted by Crippen LogP contribution is -2.74. The number of aliphatic carboxylic acids is 1. The van der Waals surface area contributed by atoms with Crippen LogP contribution in [0.25, 0.3) is 0 Å². The van der Waals surface area contributed by atoms with Crippen LogP contribution in [0.2, 0.25) is 0 Å². The summed E-state index contributed by atoms with van der Waals surface area (Å²) in [6.07, 6.45) is -9.20. The van der Waals surface area contributed by atoms with E-state index in [0.717, 1.165) is 27.8 Å². The van der Waals surface area contributed by atoms with Crippen LogP contribution in [0, 0.1) is 5.92 Å². The average molecular weight is 1070 g/mol. The summed E-state index contributed by atoms with van der Waals surface area (Å²) < 4.78 is 62.8. The summed E-state index contributed by atoms with van der Waals surface area (Å²) in [7, 11) is 0. The highest BCUT2D eigenvalue weighted by atomic mass is 35.6. The summed E-state index contributed by atoms with van der Waals surface area (Å²) in [6, 6.07) is 45.2. The molecule has 5 aromatic rings. The second-order valence-corrected chi connectivity index (χ2v) is 19.9. The molecule has 0 unspecified atom stereocenters. The number of carbonyl (C=O) groups is 3. The van der Waals surface area contributed by atoms with Crippen LogP contribution >= 0.6 is 34.8 Å². The maximum absolute atomic E-state index is 15.0. The van der Waals surface area contributed by atoms with Gasteiger partial charge >= 0.3 is 11.9 Å². The smallest absolute Gasteiger partial charge is 0.329 e. The van der Waals surface area contributed by atoms with E-state index in [9.17, 15) is 19.5 Å². The first-order chi connectivity index (χ1) is 35.2. The van der Waals surface area contributed by atoms with E-state index in [2.05, 4.69) is 5.32 Å². The number of carboxylic acid groups (broad SMARTS) is 1. The Morgan fingerprint density at radius 2 is 1.04 bits per heavy atom. The van der Waals surface area contributed by atoms with E-state index < -0.39 is 95.6 Å². The molecule has 2 aliphatic rings. The Labute approximate surface area is 439 Å². The molecule has 2 fully saturated rings. The first-order valence-corrected chi connectivity index (χ1v) is 24.7. The highest BCUT2D eigenvalue weighted by molar-refractivity contribution is 6.67. The molecule has 0 aliphatic carbocycles. The Morgan fingerprint density at radius 3 is 1.49 bits per heavy atom. The van der Waals surface area contributed by atoms with Gasteiger partial charge in [0, 0.05) is 6.92 Å². The van der Waals surface area contributed by atoms with Crippen molar-refractivity contribution in [2.75, 3.05) is 26.4 Å². The molecule has 10 atom stereocenters. The molecule has 0 radical (unpaired) electrons. The maximum Gasteiger partial charge on any atom is 0.329 e. The number of hydrogen-bond donors (Lipinski definition) is 3. The maximum atomic E-state index is 15.0. The third-order valence-electron chi connectivity index (χ3n) is 11.8. The highest BCUT2D eigenvalue weighted by Gasteiger charge is 2.62. The molecule has 16 nitrogen and oxygen atoms in total. The molecule has 1 amide bonds. The summed E-state index contributed by atoms with van der Waals surface area (Å²) >= 11 is 18.5. The van der Waals surface area contributed by atoms with Gasteiger partial charge in [-0.05, 0) is 27.8 Å². The van der Waals surface area contributed by atoms with Crippen LogP contribution < -0.4 is 11.1 Å². The quantitative estimate of drug-likeness (QED) is 0.0296. The molecule has 390 valence electrons. The monoisotopic (exact) mass is 1060 g/mol. The third kappa shape index (κ3) is 17.0. The Kier molecular flexibility index (Phi) is 21.0. The van der Waals surface area contributed by atoms with Gasteiger partial charge in [0.05, 0.1) is 46.2 Å². The minimum absolute atomic E-state index is 0.00683. The largest absolute Gasteiger partial charge is 0.480 e. The van der Waals surface area contributed by atoms with Crippen LogP contribution in [-0.4, -0.2) is 108 Å². The molecule has 2 aliphatic heterocycles. The number of ether oxygens (including phenoxy) is 10. The van der Waals surface area contributed by atoms with E-state index in [1.807, 2.05) is 152 Å². The van der Waals surface area contributed by atoms with Gasteiger partial charge in [-0.25, -0.2) is 4.79 Å². The number of rotatable bonds is 25. The minimum Gasteiger partial charge on any atom is -0.480 e. The number of carboxylic acids is 1. The van der Waals surface area contributed by atoms with E-state index in [1.54, 1.807) is 0 Å². The van der Waals surface area contributed by atoms with E-state index in [-0.39, 0.29) is 46.2 Å². The molecule has 4 N–H and O–H groups in total. The molecule has 2 heterocycles. The Morgan fingerprint density at radius 1 is 0.603 bits per heavy atom. The molecular formula is C54H59Cl3N2O14. The van der Waals surface area contributed by atoms with Gasteiger partial charge < -0.3 is 57.8 Å². The number of alkyl halides is 3. The minimum atomic E-state index is -2.63. The molecule has 2 saturated heterocycles. The molecule has 5 aromatic carbocycles. The summed E-state index contributed by atoms with van der Waals surface area (Å²) in [4.78, 5) is 40.5. The lowest BCUT2D eigenvalue weighted by molar-refractivity contribution is -0.394. The second-order valence-electron chi connectivity index (χ2n) is 17.4. The number of carbonyl (C=O) groups excluding carboxylic acids is 2. The zero-order valence-electron chi connectivity index (χ0n) is 40.0. The molecular weight excluding hydrogens is 1010 g/mol. The van der Waals surface area contributed by atoms with E-state index in [4.69, 9.17) is 87.9 Å². The molecule has 0 aromatic heterocycles. The molecule has 73 heavy (non-hydrogen) atoms. The van der Waals surface area contributed by atoms with Crippen LogP contribution in [0.4, 0.5) is 0 Å². The normalized spacial score (nSPS) is 25.1. The summed E-state index contributed by atoms with van der Waals surface area (Å²) in [6.45, 7) is -0.585. The summed E-state index contributed by atoms with van der Waals surface area (Å²) in [5, 5.41) is 12.9. The number of nitrogens with one attached hydrogen (secondary N) is 1. The van der Waals surface area contributed by atoms with Crippen molar-refractivity contribution in [1.29, 1.82) is 0 Å². The molecule has 19 heteroatoms. The zero-order chi connectivity index (χ0) is 51.6. The van der Waals surface area contributed by atoms with Crippen molar-refractivity contribution in [2.24, 2.45) is 11.7 Å². The Balaban J connectivity index is 1.34. The number of benzene rings is 5. The van der Waals surface area contributed by atoms with Gasteiger partial charge in [-0.3, -0.25) is 15.3 Å². The van der Waals surface area contributed by atoms with Crippen molar-refractivity contribution in [1.82, 2.24) is 5.32 Å². The second kappa shape index (κ2) is 27.5. The van der Waals surface area contributed by atoms with Gasteiger partial charge in [-0.2, -0.15) is 0 Å². The van der Waals surface area contributed by atoms with Gasteiger partial charge in [0.25, 0.3) is 0 Å². The average Bonchev–Trinajstić information content (AvgIpc) is 3.38. The first-order valence-electron chi connectivity index (χ1n) is 23.6. The number of halogens is 3. The van der Waals surface area contributed by atoms with Crippen LogP contribution in [0.1, 0.15) is 34.7 Å². The fourth-order valence-corrected chi connectivity index (χ4v) is 8.64. The molecule has 7 rings (SSSR count). The summed E-state index contributed by atoms with van der Waals surface area (Å²) in [5.41, 5.74) is 11.4. The summed E-state index contributed by atoms with van der Waals surface area (Å²) in [5.74, 6) is -7.39. The predicted molar refractivity (Wildman–Crippen MR) is 269 cm³/mol. The standard InChI is InChI=1S/C54H59Cl3N2O14/c1-36(60)59-46-50(68-34-44(61)62)48(42(32-64-27-37-17-7-2-8-18-37)71-52(46)69-31-41-25-15-6-16-26-41)73-54(58)45(51(63)70-35-53(55,56)57)49(67-30-40-23-13-5-14-24-40)47(66-29-39-21-11-4-12-22-39)43(72-54)33-65-28-38-19-9-3-10-20-38/h2-26,42-43,45-50,52H,27-35,58H2,1H3,(H,59,60)(H,61,62)/t42-,43-,45+,46-,47-,48-,49-,50-,52+,54-/m1/s1. The van der Waals surface area contributed by atoms with E-state index in [0.29, 0.717) is 0 Å². The number of amides is 1. The van der Waals surface area contributed by atoms with Crippen LogP contribution in [0.5, 0.6) is 0 Å². The third-order valence-corrected chi connectivity index (χ3v) is 12.1. The molecule has 0 spiro atoms. The number of hydrogen-bond acceptors (Lipinski definition) is 14. The lowest BCUT2D eigenvalue weighted by atomic mass is 9.86. The van der Waals surface area contributed by atoms with E-state index >= 15 is 0 Å². The Bertz CT molecular complexity index is 2450. The Hall–Kier alpha value is -5.02. The van der Waals surface area contributed by atoms with Crippen molar-refractivity contribution < 1.29 is 66.9 Å². The van der Waals surface area contributed by atoms with Crippen LogP contribution in [-0.2, 0) is 94.8 Å². The molecule has 0 saturated carbocycles. The van der Waals surface area contributed by atoms with Crippen LogP contribution in [0.3, 0.4) is 0 Å². The van der Waals surface area contributed by atoms with E-state index in [1.165, 1.54) is 6.92 Å². The van der Waals surface area contributed by atoms with Crippen molar-refractivity contribution in [3.8, 4) is 0 Å². The van der Waals surface area contributed by atoms with Gasteiger partial charge in [0.15, 0.2) is 12.2 Å². The van der Waals surface area contributed by atoms with Crippen LogP contribution in [0.15, 0.2) is 152 Å². The fourth-order valence-electron chi connectivity index (χ4n) is 8.48. The number of nitrogens with two attached hydrogens (primary N) is 1. The fraction of sp³-hybridized carbons (Fsp3) is 0.389. The lowest BCUT2D eigenvalue weighted by Gasteiger charge is -2.53. The van der Waals surface area contributed by atoms with Gasteiger partial charge in [-0.1, -0.05) is 186 Å². The van der Waals surface area contributed by atoms with Crippen molar-refractivity contribution >= 4 is 52.6 Å². The molecule has 0 bridgehead atoms. The van der Waals surface area contributed by atoms with Gasteiger partial charge in [0.1, 0.15) is 55.9 Å². The highest BCUT2D eigenvalue weighted by Crippen LogP contribution is 2.42. The first kappa shape index (κ1) is 55.7. The van der Waals surface area contributed by atoms with Crippen molar-refractivity contribution in [2.45, 2.75) is 98.6 Å². The van der Waals surface area contributed by atoms with Crippen molar-refractivity contribution in [3.05, 3.63) is 179 Å². The SMILES string of the molecule is CC(=O)N[C@H]1[C@@H](OCc2ccccc2)O[C@H](COCc2ccccc2)[C@@H](O[C@]2(N)O[C@H](COCc3ccccc3)[C@@H](OCc3ccccc3)[C@H](OCc3ccccc3)[C@H]2C(=O)OCC(Cl)(Cl)Cl)[C@@H]1OCC(=O)O. The zero-order valence-corrected chi connectivity index (χ0v) is 42.2. The van der Waals surface area contributed by atoms with Gasteiger partial charge in [0.2, 0.25) is 15.6 Å². The predicted octanol–water partition coefficient (Wildman–Crippen LogP) is 7.43. The van der Waals surface area contributed by atoms with Crippen molar-refractivity contribution in [3.63, 3.8) is 0 Å². The van der Waals surface area contributed by atoms with Gasteiger partial charge in [-0.15, -0.1) is 0 Å². The topological polar surface area (TPSA) is 202 Å². The number of esters is 1.